The molecule has 1 heterocycles. The van der Waals surface area contributed by atoms with Crippen LogP contribution in [-0.4, -0.2) is 43.6 Å². The lowest BCUT2D eigenvalue weighted by Gasteiger charge is -2.26. The Morgan fingerprint density at radius 2 is 2.00 bits per heavy atom. The maximum Gasteiger partial charge on any atom is 0.218 e. The molecular formula is C11H22N2O2S. The highest BCUT2D eigenvalue weighted by atomic mass is 32.2. The Morgan fingerprint density at radius 3 is 2.50 bits per heavy atom. The van der Waals surface area contributed by atoms with Crippen LogP contribution < -0.4 is 5.32 Å². The molecule has 0 saturated heterocycles. The predicted molar refractivity (Wildman–Crippen MR) is 66.9 cm³/mol. The third-order valence-corrected chi connectivity index (χ3v) is 4.94. The zero-order chi connectivity index (χ0) is 12.2. The van der Waals surface area contributed by atoms with Crippen LogP contribution in [0.5, 0.6) is 0 Å². The van der Waals surface area contributed by atoms with Crippen molar-refractivity contribution in [3.8, 4) is 0 Å². The van der Waals surface area contributed by atoms with E-state index >= 15 is 0 Å². The Balaban J connectivity index is 2.58. The van der Waals surface area contributed by atoms with Gasteiger partial charge in [0.05, 0.1) is 5.25 Å². The average Bonchev–Trinajstić information content (AvgIpc) is 2.27. The summed E-state index contributed by atoms with van der Waals surface area (Å²) in [6.45, 7) is 7.45. The van der Waals surface area contributed by atoms with Crippen LogP contribution in [0, 0.1) is 0 Å². The van der Waals surface area contributed by atoms with Crippen LogP contribution in [0.2, 0.25) is 0 Å². The van der Waals surface area contributed by atoms with Gasteiger partial charge in [-0.25, -0.2) is 8.42 Å². The van der Waals surface area contributed by atoms with Crippen molar-refractivity contribution in [2.45, 2.75) is 38.5 Å². The molecule has 0 spiro atoms. The second kappa shape index (κ2) is 5.80. The molecule has 0 aromatic heterocycles. The fourth-order valence-corrected chi connectivity index (χ4v) is 3.08. The molecule has 1 unspecified atom stereocenters. The zero-order valence-corrected chi connectivity index (χ0v) is 11.1. The van der Waals surface area contributed by atoms with Gasteiger partial charge in [-0.2, -0.15) is 4.31 Å². The minimum Gasteiger partial charge on any atom is -0.313 e. The van der Waals surface area contributed by atoms with Gasteiger partial charge < -0.3 is 5.32 Å². The van der Waals surface area contributed by atoms with Crippen LogP contribution in [0.1, 0.15) is 27.2 Å². The van der Waals surface area contributed by atoms with Gasteiger partial charge in [-0.05, 0) is 13.3 Å². The van der Waals surface area contributed by atoms with Crippen molar-refractivity contribution < 1.29 is 8.42 Å². The van der Waals surface area contributed by atoms with Crippen molar-refractivity contribution in [3.63, 3.8) is 0 Å². The zero-order valence-electron chi connectivity index (χ0n) is 10.3. The van der Waals surface area contributed by atoms with E-state index in [1.54, 1.807) is 11.2 Å². The van der Waals surface area contributed by atoms with Gasteiger partial charge in [-0.1, -0.05) is 26.0 Å². The van der Waals surface area contributed by atoms with Crippen LogP contribution in [0.25, 0.3) is 0 Å². The number of sulfonamides is 1. The number of hydrogen-bond donors (Lipinski definition) is 1. The Bertz CT molecular complexity index is 336. The summed E-state index contributed by atoms with van der Waals surface area (Å²) >= 11 is 0. The van der Waals surface area contributed by atoms with Crippen LogP contribution >= 0.6 is 0 Å². The fourth-order valence-electron chi connectivity index (χ4n) is 1.61. The molecule has 1 aliphatic heterocycles. The molecule has 1 N–H and O–H groups in total. The Labute approximate surface area is 98.8 Å². The Hall–Kier alpha value is -0.390. The summed E-state index contributed by atoms with van der Waals surface area (Å²) in [5, 5.41) is 2.81. The summed E-state index contributed by atoms with van der Waals surface area (Å²) in [5.41, 5.74) is 0. The maximum atomic E-state index is 12.2. The van der Waals surface area contributed by atoms with Crippen LogP contribution in [0.3, 0.4) is 0 Å². The van der Waals surface area contributed by atoms with E-state index in [1.165, 1.54) is 0 Å². The quantitative estimate of drug-likeness (QED) is 0.735. The molecule has 0 radical (unpaired) electrons. The van der Waals surface area contributed by atoms with Gasteiger partial charge in [0.2, 0.25) is 10.0 Å². The summed E-state index contributed by atoms with van der Waals surface area (Å²) in [5.74, 6) is 0. The van der Waals surface area contributed by atoms with Crippen LogP contribution in [-0.2, 0) is 10.0 Å². The van der Waals surface area contributed by atoms with E-state index in [0.29, 0.717) is 25.7 Å². The minimum atomic E-state index is -3.14. The summed E-state index contributed by atoms with van der Waals surface area (Å²) in [6.07, 6.45) is 4.77. The smallest absolute Gasteiger partial charge is 0.218 e. The number of rotatable bonds is 5. The molecule has 0 bridgehead atoms. The molecule has 0 aromatic carbocycles. The van der Waals surface area contributed by atoms with Gasteiger partial charge in [0.15, 0.2) is 0 Å². The molecule has 0 aromatic rings. The van der Waals surface area contributed by atoms with Crippen molar-refractivity contribution in [3.05, 3.63) is 12.2 Å². The second-order valence-electron chi connectivity index (χ2n) is 4.54. The van der Waals surface area contributed by atoms with Crippen molar-refractivity contribution in [1.29, 1.82) is 0 Å². The summed E-state index contributed by atoms with van der Waals surface area (Å²) in [7, 11) is -3.14. The highest BCUT2D eigenvalue weighted by Gasteiger charge is 2.28. The lowest BCUT2D eigenvalue weighted by molar-refractivity contribution is 0.425. The van der Waals surface area contributed by atoms with Gasteiger partial charge in [0.25, 0.3) is 0 Å². The lowest BCUT2D eigenvalue weighted by Crippen LogP contribution is -2.44. The molecular weight excluding hydrogens is 224 g/mol. The highest BCUT2D eigenvalue weighted by Crippen LogP contribution is 2.12. The maximum absolute atomic E-state index is 12.2. The largest absolute Gasteiger partial charge is 0.313 e. The summed E-state index contributed by atoms with van der Waals surface area (Å²) < 4.78 is 25.9. The third-order valence-electron chi connectivity index (χ3n) is 2.70. The summed E-state index contributed by atoms with van der Waals surface area (Å²) in [4.78, 5) is 0. The second-order valence-corrected chi connectivity index (χ2v) is 6.89. The molecule has 94 valence electrons. The van der Waals surface area contributed by atoms with Gasteiger partial charge in [-0.15, -0.1) is 0 Å². The van der Waals surface area contributed by atoms with Crippen molar-refractivity contribution in [2.24, 2.45) is 0 Å². The first-order chi connectivity index (χ1) is 7.44. The third kappa shape index (κ3) is 3.57. The number of hydrogen-bond acceptors (Lipinski definition) is 3. The fraction of sp³-hybridized carbons (Fsp3) is 0.818. The molecule has 1 atom stereocenters. The van der Waals surface area contributed by atoms with Gasteiger partial charge >= 0.3 is 0 Å². The minimum absolute atomic E-state index is 0.318. The average molecular weight is 246 g/mol. The standard InChI is InChI=1S/C11H22N2O2S/c1-10(2)12-9-11(3)16(14,15)13-7-5-4-6-8-13/h4-5,10-12H,6-9H2,1-3H3. The van der Waals surface area contributed by atoms with E-state index in [4.69, 9.17) is 0 Å². The van der Waals surface area contributed by atoms with E-state index in [0.717, 1.165) is 6.42 Å². The van der Waals surface area contributed by atoms with Crippen molar-refractivity contribution in [1.82, 2.24) is 9.62 Å². The number of nitrogens with one attached hydrogen (secondary N) is 1. The van der Waals surface area contributed by atoms with E-state index in [2.05, 4.69) is 5.32 Å². The van der Waals surface area contributed by atoms with Gasteiger partial charge in [0, 0.05) is 25.7 Å². The van der Waals surface area contributed by atoms with E-state index in [-0.39, 0.29) is 5.25 Å². The van der Waals surface area contributed by atoms with E-state index in [9.17, 15) is 8.42 Å². The molecule has 1 aliphatic rings. The molecule has 0 saturated carbocycles. The molecule has 5 heteroatoms. The highest BCUT2D eigenvalue weighted by molar-refractivity contribution is 7.89. The molecule has 0 amide bonds. The SMILES string of the molecule is CC(C)NCC(C)S(=O)(=O)N1CC=CCC1. The van der Waals surface area contributed by atoms with Crippen LogP contribution in [0.15, 0.2) is 12.2 Å². The Morgan fingerprint density at radius 1 is 1.31 bits per heavy atom. The van der Waals surface area contributed by atoms with E-state index < -0.39 is 10.0 Å². The van der Waals surface area contributed by atoms with Crippen LogP contribution in [0.4, 0.5) is 0 Å². The molecule has 0 fully saturated rings. The molecule has 0 aliphatic carbocycles. The monoisotopic (exact) mass is 246 g/mol. The molecule has 4 nitrogen and oxygen atoms in total. The lowest BCUT2D eigenvalue weighted by atomic mass is 10.3. The van der Waals surface area contributed by atoms with Gasteiger partial charge in [0.1, 0.15) is 0 Å². The first-order valence-electron chi connectivity index (χ1n) is 5.82. The Kier molecular flexibility index (Phi) is 4.95. The van der Waals surface area contributed by atoms with Gasteiger partial charge in [-0.3, -0.25) is 0 Å². The van der Waals surface area contributed by atoms with E-state index in [1.807, 2.05) is 26.0 Å². The van der Waals surface area contributed by atoms with Crippen molar-refractivity contribution >= 4 is 10.0 Å². The first kappa shape index (κ1) is 13.7. The first-order valence-corrected chi connectivity index (χ1v) is 7.32. The molecule has 16 heavy (non-hydrogen) atoms. The van der Waals surface area contributed by atoms with Crippen molar-refractivity contribution in [2.75, 3.05) is 19.6 Å². The predicted octanol–water partition coefficient (Wildman–Crippen LogP) is 0.965. The normalized spacial score (nSPS) is 20.2. The molecule has 1 rings (SSSR count). The topological polar surface area (TPSA) is 49.4 Å². The number of nitrogens with zero attached hydrogens (tertiary/aromatic N) is 1. The summed E-state index contributed by atoms with van der Waals surface area (Å²) in [6, 6.07) is 0.318.